The number of sulfonamides is 1. The van der Waals surface area contributed by atoms with Gasteiger partial charge in [-0.25, -0.2) is 8.42 Å². The molecule has 0 saturated carbocycles. The van der Waals surface area contributed by atoms with Gasteiger partial charge in [-0.05, 0) is 56.5 Å². The van der Waals surface area contributed by atoms with Crippen molar-refractivity contribution in [3.05, 3.63) is 29.3 Å². The standard InChI is InChI=1S/C20H33N3O4S/c1-5-19(20(24)21-7-6-8-22-9-11-27-12-10-22)23(28(4,25)26)18-14-16(2)13-17(3)15-18/h13-15,19H,5-12H2,1-4H3,(H,21,24)/t19-/m1/s1. The molecule has 0 unspecified atom stereocenters. The number of rotatable bonds is 9. The van der Waals surface area contributed by atoms with E-state index >= 15 is 0 Å². The number of aryl methyl sites for hydroxylation is 2. The van der Waals surface area contributed by atoms with E-state index < -0.39 is 16.1 Å². The van der Waals surface area contributed by atoms with Crippen molar-refractivity contribution in [2.24, 2.45) is 0 Å². The van der Waals surface area contributed by atoms with Gasteiger partial charge in [0.25, 0.3) is 0 Å². The number of amides is 1. The van der Waals surface area contributed by atoms with Gasteiger partial charge in [0.05, 0.1) is 25.2 Å². The Morgan fingerprint density at radius 3 is 2.36 bits per heavy atom. The summed E-state index contributed by atoms with van der Waals surface area (Å²) in [6.45, 7) is 10.4. The summed E-state index contributed by atoms with van der Waals surface area (Å²) in [5, 5.41) is 2.92. The largest absolute Gasteiger partial charge is 0.379 e. The second kappa shape index (κ2) is 10.2. The zero-order valence-electron chi connectivity index (χ0n) is 17.4. The average molecular weight is 412 g/mol. The molecule has 28 heavy (non-hydrogen) atoms. The number of anilines is 1. The van der Waals surface area contributed by atoms with Gasteiger partial charge in [0.1, 0.15) is 6.04 Å². The Morgan fingerprint density at radius 1 is 1.21 bits per heavy atom. The zero-order chi connectivity index (χ0) is 20.7. The molecule has 1 aliphatic rings. The smallest absolute Gasteiger partial charge is 0.243 e. The Bertz CT molecular complexity index is 740. The van der Waals surface area contributed by atoms with E-state index in [1.54, 1.807) is 0 Å². The van der Waals surface area contributed by atoms with Crippen molar-refractivity contribution in [1.29, 1.82) is 0 Å². The van der Waals surface area contributed by atoms with Crippen molar-refractivity contribution < 1.29 is 17.9 Å². The molecule has 0 aliphatic carbocycles. The lowest BCUT2D eigenvalue weighted by molar-refractivity contribution is -0.122. The molecule has 1 fully saturated rings. The first-order valence-corrected chi connectivity index (χ1v) is 11.7. The number of ether oxygens (including phenoxy) is 1. The number of carbonyl (C=O) groups excluding carboxylic acids is 1. The van der Waals surface area contributed by atoms with Crippen molar-refractivity contribution in [2.75, 3.05) is 50.0 Å². The van der Waals surface area contributed by atoms with Crippen molar-refractivity contribution in [2.45, 2.75) is 39.7 Å². The van der Waals surface area contributed by atoms with Gasteiger partial charge in [0, 0.05) is 19.6 Å². The van der Waals surface area contributed by atoms with Crippen molar-refractivity contribution in [3.63, 3.8) is 0 Å². The average Bonchev–Trinajstić information content (AvgIpc) is 2.61. The molecule has 2 rings (SSSR count). The highest BCUT2D eigenvalue weighted by Crippen LogP contribution is 2.25. The summed E-state index contributed by atoms with van der Waals surface area (Å²) in [6.07, 6.45) is 2.37. The first kappa shape index (κ1) is 22.6. The molecule has 1 N–H and O–H groups in total. The molecule has 0 bridgehead atoms. The lowest BCUT2D eigenvalue weighted by Crippen LogP contribution is -2.49. The maximum atomic E-state index is 12.8. The molecule has 8 heteroatoms. The van der Waals surface area contributed by atoms with Crippen molar-refractivity contribution in [1.82, 2.24) is 10.2 Å². The Hall–Kier alpha value is -1.64. The highest BCUT2D eigenvalue weighted by molar-refractivity contribution is 7.92. The lowest BCUT2D eigenvalue weighted by Gasteiger charge is -2.31. The van der Waals surface area contributed by atoms with E-state index in [4.69, 9.17) is 4.74 Å². The minimum absolute atomic E-state index is 0.255. The van der Waals surface area contributed by atoms with E-state index in [1.165, 1.54) is 4.31 Å². The van der Waals surface area contributed by atoms with Crippen LogP contribution in [0.1, 0.15) is 30.9 Å². The Labute approximate surface area is 169 Å². The normalized spacial score (nSPS) is 16.6. The second-order valence-corrected chi connectivity index (χ2v) is 9.29. The molecule has 1 heterocycles. The molecule has 1 aromatic carbocycles. The molecule has 1 amide bonds. The number of hydrogen-bond acceptors (Lipinski definition) is 5. The highest BCUT2D eigenvalue weighted by Gasteiger charge is 2.31. The van der Waals surface area contributed by atoms with Crippen LogP contribution < -0.4 is 9.62 Å². The van der Waals surface area contributed by atoms with E-state index in [0.29, 0.717) is 18.7 Å². The highest BCUT2D eigenvalue weighted by atomic mass is 32.2. The number of carbonyl (C=O) groups is 1. The molecule has 1 saturated heterocycles. The third-order valence-corrected chi connectivity index (χ3v) is 6.02. The van der Waals surface area contributed by atoms with E-state index in [2.05, 4.69) is 10.2 Å². The van der Waals surface area contributed by atoms with Crippen LogP contribution in [-0.4, -0.2) is 70.9 Å². The molecule has 1 aliphatic heterocycles. The van der Waals surface area contributed by atoms with Gasteiger partial charge in [0.2, 0.25) is 15.9 Å². The van der Waals surface area contributed by atoms with E-state index in [9.17, 15) is 13.2 Å². The fraction of sp³-hybridized carbons (Fsp3) is 0.650. The molecule has 1 aromatic rings. The van der Waals surface area contributed by atoms with Crippen LogP contribution in [0, 0.1) is 13.8 Å². The predicted molar refractivity (Wildman–Crippen MR) is 112 cm³/mol. The van der Waals surface area contributed by atoms with Gasteiger partial charge in [0.15, 0.2) is 0 Å². The summed E-state index contributed by atoms with van der Waals surface area (Å²) in [6, 6.07) is 4.83. The van der Waals surface area contributed by atoms with Crippen LogP contribution in [0.2, 0.25) is 0 Å². The number of nitrogens with zero attached hydrogens (tertiary/aromatic N) is 2. The van der Waals surface area contributed by atoms with Crippen LogP contribution in [0.5, 0.6) is 0 Å². The van der Waals surface area contributed by atoms with Gasteiger partial charge >= 0.3 is 0 Å². The summed E-state index contributed by atoms with van der Waals surface area (Å²) in [4.78, 5) is 15.1. The topological polar surface area (TPSA) is 79.0 Å². The molecular formula is C20H33N3O4S. The van der Waals surface area contributed by atoms with Crippen LogP contribution in [0.4, 0.5) is 5.69 Å². The molecule has 0 radical (unpaired) electrons. The summed E-state index contributed by atoms with van der Waals surface area (Å²) < 4.78 is 31.6. The van der Waals surface area contributed by atoms with Crippen LogP contribution in [0.3, 0.4) is 0 Å². The van der Waals surface area contributed by atoms with Gasteiger partial charge in [-0.1, -0.05) is 13.0 Å². The third-order valence-electron chi connectivity index (χ3n) is 4.84. The molecule has 158 valence electrons. The number of benzene rings is 1. The summed E-state index contributed by atoms with van der Waals surface area (Å²) in [5.41, 5.74) is 2.46. The maximum absolute atomic E-state index is 12.8. The second-order valence-electron chi connectivity index (χ2n) is 7.43. The van der Waals surface area contributed by atoms with Crippen LogP contribution >= 0.6 is 0 Å². The zero-order valence-corrected chi connectivity index (χ0v) is 18.2. The maximum Gasteiger partial charge on any atom is 0.243 e. The Kier molecular flexibility index (Phi) is 8.27. The molecule has 1 atom stereocenters. The quantitative estimate of drug-likeness (QED) is 0.626. The number of hydrogen-bond donors (Lipinski definition) is 1. The van der Waals surface area contributed by atoms with Gasteiger partial charge in [-0.2, -0.15) is 0 Å². The summed E-state index contributed by atoms with van der Waals surface area (Å²) >= 11 is 0. The predicted octanol–water partition coefficient (Wildman–Crippen LogP) is 1.69. The third kappa shape index (κ3) is 6.46. The first-order chi connectivity index (χ1) is 13.2. The minimum atomic E-state index is -3.61. The van der Waals surface area contributed by atoms with Gasteiger partial charge in [-0.3, -0.25) is 14.0 Å². The lowest BCUT2D eigenvalue weighted by atomic mass is 10.1. The summed E-state index contributed by atoms with van der Waals surface area (Å²) in [7, 11) is -3.61. The van der Waals surface area contributed by atoms with Crippen molar-refractivity contribution >= 4 is 21.6 Å². The van der Waals surface area contributed by atoms with Crippen LogP contribution in [0.15, 0.2) is 18.2 Å². The Balaban J connectivity index is 2.04. The van der Waals surface area contributed by atoms with Crippen LogP contribution in [0.25, 0.3) is 0 Å². The van der Waals surface area contributed by atoms with E-state index in [-0.39, 0.29) is 5.91 Å². The van der Waals surface area contributed by atoms with Crippen LogP contribution in [-0.2, 0) is 19.6 Å². The first-order valence-electron chi connectivity index (χ1n) is 9.88. The van der Waals surface area contributed by atoms with E-state index in [0.717, 1.165) is 56.7 Å². The van der Waals surface area contributed by atoms with E-state index in [1.807, 2.05) is 39.0 Å². The summed E-state index contributed by atoms with van der Waals surface area (Å²) in [5.74, 6) is -0.255. The number of morpholine rings is 1. The molecule has 0 aromatic heterocycles. The van der Waals surface area contributed by atoms with Gasteiger partial charge < -0.3 is 10.1 Å². The molecule has 7 nitrogen and oxygen atoms in total. The minimum Gasteiger partial charge on any atom is -0.379 e. The fourth-order valence-electron chi connectivity index (χ4n) is 3.59. The fourth-order valence-corrected chi connectivity index (χ4v) is 4.79. The van der Waals surface area contributed by atoms with Gasteiger partial charge in [-0.15, -0.1) is 0 Å². The Morgan fingerprint density at radius 2 is 1.82 bits per heavy atom. The molecule has 0 spiro atoms. The monoisotopic (exact) mass is 411 g/mol. The number of nitrogens with one attached hydrogen (secondary N) is 1. The van der Waals surface area contributed by atoms with Crippen molar-refractivity contribution in [3.8, 4) is 0 Å². The SMILES string of the molecule is CC[C@H](C(=O)NCCCN1CCOCC1)N(c1cc(C)cc(C)c1)S(C)(=O)=O. The molecular weight excluding hydrogens is 378 g/mol.